The molecule has 8 heteroatoms. The van der Waals surface area contributed by atoms with Crippen molar-refractivity contribution in [3.63, 3.8) is 0 Å². The fourth-order valence-electron chi connectivity index (χ4n) is 1.98. The molecule has 4 nitrogen and oxygen atoms in total. The molecule has 2 aromatic rings. The fourth-order valence-corrected chi connectivity index (χ4v) is 2.36. The summed E-state index contributed by atoms with van der Waals surface area (Å²) in [5.41, 5.74) is -0.217. The van der Waals surface area contributed by atoms with Crippen LogP contribution in [0.1, 0.15) is 17.5 Å². The zero-order chi connectivity index (χ0) is 18.3. The molecule has 0 fully saturated rings. The van der Waals surface area contributed by atoms with Gasteiger partial charge in [0.05, 0.1) is 5.56 Å². The minimum Gasteiger partial charge on any atom is -0.439 e. The average Bonchev–Trinajstić information content (AvgIpc) is 2.58. The minimum atomic E-state index is -4.45. The first-order valence-corrected chi connectivity index (χ1v) is 8.84. The maximum Gasteiger partial charge on any atom is 0.416 e. The SMILES string of the molecule is CSCCC(=O)NCc1cccnc1Oc1cccc(C(F)(F)F)c1. The minimum absolute atomic E-state index is 0.0310. The highest BCUT2D eigenvalue weighted by Gasteiger charge is 2.30. The lowest BCUT2D eigenvalue weighted by Gasteiger charge is -2.12. The van der Waals surface area contributed by atoms with Crippen molar-refractivity contribution >= 4 is 17.7 Å². The van der Waals surface area contributed by atoms with Crippen molar-refractivity contribution in [1.29, 1.82) is 0 Å². The van der Waals surface area contributed by atoms with Crippen LogP contribution in [0.4, 0.5) is 13.2 Å². The number of carbonyl (C=O) groups is 1. The van der Waals surface area contributed by atoms with E-state index in [-0.39, 0.29) is 24.1 Å². The Kier molecular flexibility index (Phi) is 6.69. The monoisotopic (exact) mass is 370 g/mol. The van der Waals surface area contributed by atoms with Crippen LogP contribution in [-0.4, -0.2) is 22.9 Å². The van der Waals surface area contributed by atoms with E-state index in [0.29, 0.717) is 17.7 Å². The van der Waals surface area contributed by atoms with Crippen LogP contribution in [0.5, 0.6) is 11.6 Å². The van der Waals surface area contributed by atoms with E-state index >= 15 is 0 Å². The van der Waals surface area contributed by atoms with E-state index in [1.54, 1.807) is 23.9 Å². The maximum atomic E-state index is 12.8. The number of nitrogens with zero attached hydrogens (tertiary/aromatic N) is 1. The highest BCUT2D eigenvalue weighted by Crippen LogP contribution is 2.32. The second kappa shape index (κ2) is 8.75. The highest BCUT2D eigenvalue weighted by molar-refractivity contribution is 7.98. The van der Waals surface area contributed by atoms with Gasteiger partial charge in [-0.2, -0.15) is 24.9 Å². The first-order valence-electron chi connectivity index (χ1n) is 7.45. The number of hydrogen-bond acceptors (Lipinski definition) is 4. The van der Waals surface area contributed by atoms with Crippen LogP contribution < -0.4 is 10.1 Å². The Hall–Kier alpha value is -2.22. The number of pyridine rings is 1. The van der Waals surface area contributed by atoms with Gasteiger partial charge >= 0.3 is 6.18 Å². The van der Waals surface area contributed by atoms with Gasteiger partial charge < -0.3 is 10.1 Å². The number of carbonyl (C=O) groups excluding carboxylic acids is 1. The summed E-state index contributed by atoms with van der Waals surface area (Å²) in [6.45, 7) is 0.190. The quantitative estimate of drug-likeness (QED) is 0.791. The molecular weight excluding hydrogens is 353 g/mol. The third-order valence-corrected chi connectivity index (χ3v) is 3.85. The van der Waals surface area contributed by atoms with Crippen LogP contribution in [0.3, 0.4) is 0 Å². The Bertz CT molecular complexity index is 723. The van der Waals surface area contributed by atoms with E-state index in [0.717, 1.165) is 12.1 Å². The van der Waals surface area contributed by atoms with E-state index in [2.05, 4.69) is 10.3 Å². The molecule has 1 aromatic heterocycles. The molecule has 0 atom stereocenters. The normalized spacial score (nSPS) is 11.2. The van der Waals surface area contributed by atoms with Crippen LogP contribution in [0, 0.1) is 0 Å². The Morgan fingerprint density at radius 1 is 1.28 bits per heavy atom. The largest absolute Gasteiger partial charge is 0.439 e. The van der Waals surface area contributed by atoms with Gasteiger partial charge in [0.1, 0.15) is 5.75 Å². The smallest absolute Gasteiger partial charge is 0.416 e. The van der Waals surface area contributed by atoms with Crippen LogP contribution in [0.15, 0.2) is 42.6 Å². The molecule has 25 heavy (non-hydrogen) atoms. The molecule has 0 radical (unpaired) electrons. The van der Waals surface area contributed by atoms with E-state index in [1.807, 2.05) is 6.26 Å². The maximum absolute atomic E-state index is 12.8. The summed E-state index contributed by atoms with van der Waals surface area (Å²) < 4.78 is 43.8. The van der Waals surface area contributed by atoms with E-state index < -0.39 is 11.7 Å². The number of hydrogen-bond donors (Lipinski definition) is 1. The average molecular weight is 370 g/mol. The predicted octanol–water partition coefficient (Wildman–Crippen LogP) is 4.26. The summed E-state index contributed by atoms with van der Waals surface area (Å²) in [4.78, 5) is 15.7. The van der Waals surface area contributed by atoms with Crippen molar-refractivity contribution in [2.45, 2.75) is 19.1 Å². The number of nitrogens with one attached hydrogen (secondary N) is 1. The lowest BCUT2D eigenvalue weighted by Crippen LogP contribution is -2.23. The Labute approximate surface area is 147 Å². The number of rotatable bonds is 7. The molecule has 0 saturated carbocycles. The van der Waals surface area contributed by atoms with Crippen LogP contribution in [0.2, 0.25) is 0 Å². The van der Waals surface area contributed by atoms with Crippen LogP contribution in [0.25, 0.3) is 0 Å². The lowest BCUT2D eigenvalue weighted by atomic mass is 10.2. The van der Waals surface area contributed by atoms with Gasteiger partial charge in [-0.3, -0.25) is 4.79 Å². The number of alkyl halides is 3. The molecular formula is C17H17F3N2O2S. The van der Waals surface area contributed by atoms with Crippen LogP contribution in [-0.2, 0) is 17.5 Å². The van der Waals surface area contributed by atoms with Crippen molar-refractivity contribution in [2.75, 3.05) is 12.0 Å². The molecule has 0 unspecified atom stereocenters. The number of ether oxygens (including phenoxy) is 1. The molecule has 2 rings (SSSR count). The first kappa shape index (κ1) is 19.1. The van der Waals surface area contributed by atoms with Crippen LogP contribution >= 0.6 is 11.8 Å². The summed E-state index contributed by atoms with van der Waals surface area (Å²) in [5.74, 6) is 0.797. The molecule has 1 N–H and O–H groups in total. The van der Waals surface area contributed by atoms with Gasteiger partial charge in [-0.15, -0.1) is 0 Å². The summed E-state index contributed by atoms with van der Waals surface area (Å²) in [5, 5.41) is 2.74. The third kappa shape index (κ3) is 5.97. The summed E-state index contributed by atoms with van der Waals surface area (Å²) in [6, 6.07) is 7.94. The Morgan fingerprint density at radius 2 is 2.08 bits per heavy atom. The van der Waals surface area contributed by atoms with Gasteiger partial charge in [-0.05, 0) is 30.5 Å². The molecule has 0 bridgehead atoms. The Balaban J connectivity index is 2.09. The lowest BCUT2D eigenvalue weighted by molar-refractivity contribution is -0.137. The second-order valence-corrected chi connectivity index (χ2v) is 6.10. The first-order chi connectivity index (χ1) is 11.9. The van der Waals surface area contributed by atoms with Gasteiger partial charge in [-0.1, -0.05) is 12.1 Å². The molecule has 1 amide bonds. The van der Waals surface area contributed by atoms with Crippen molar-refractivity contribution in [3.05, 3.63) is 53.7 Å². The Morgan fingerprint density at radius 3 is 2.80 bits per heavy atom. The van der Waals surface area contributed by atoms with Gasteiger partial charge in [0, 0.05) is 30.5 Å². The van der Waals surface area contributed by atoms with Gasteiger partial charge in [0.15, 0.2) is 0 Å². The van der Waals surface area contributed by atoms with Gasteiger partial charge in [0.2, 0.25) is 11.8 Å². The van der Waals surface area contributed by atoms with Crippen molar-refractivity contribution in [3.8, 4) is 11.6 Å². The fraction of sp³-hybridized carbons (Fsp3) is 0.294. The molecule has 0 aliphatic carbocycles. The van der Waals surface area contributed by atoms with Gasteiger partial charge in [-0.25, -0.2) is 4.98 Å². The topological polar surface area (TPSA) is 51.2 Å². The highest BCUT2D eigenvalue weighted by atomic mass is 32.2. The van der Waals surface area contributed by atoms with E-state index in [9.17, 15) is 18.0 Å². The summed E-state index contributed by atoms with van der Waals surface area (Å²) >= 11 is 1.57. The van der Waals surface area contributed by atoms with E-state index in [4.69, 9.17) is 4.74 Å². The van der Waals surface area contributed by atoms with Crippen molar-refractivity contribution in [2.24, 2.45) is 0 Å². The molecule has 0 spiro atoms. The summed E-state index contributed by atoms with van der Waals surface area (Å²) in [7, 11) is 0. The molecule has 1 heterocycles. The summed E-state index contributed by atoms with van der Waals surface area (Å²) in [6.07, 6.45) is -0.666. The van der Waals surface area contributed by atoms with E-state index in [1.165, 1.54) is 18.3 Å². The molecule has 0 aliphatic heterocycles. The molecule has 134 valence electrons. The number of halogens is 3. The third-order valence-electron chi connectivity index (χ3n) is 3.24. The molecule has 0 saturated heterocycles. The second-order valence-electron chi connectivity index (χ2n) is 5.11. The number of aromatic nitrogens is 1. The van der Waals surface area contributed by atoms with Crippen molar-refractivity contribution < 1.29 is 22.7 Å². The predicted molar refractivity (Wildman–Crippen MR) is 90.6 cm³/mol. The number of amides is 1. The zero-order valence-corrected chi connectivity index (χ0v) is 14.3. The zero-order valence-electron chi connectivity index (χ0n) is 13.5. The van der Waals surface area contributed by atoms with Gasteiger partial charge in [0.25, 0.3) is 0 Å². The number of benzene rings is 1. The standard InChI is InChI=1S/C17H17F3N2O2S/c1-25-9-7-15(23)22-11-12-4-3-8-21-16(12)24-14-6-2-5-13(10-14)17(18,19)20/h2-6,8,10H,7,9,11H2,1H3,(H,22,23). The molecule has 1 aromatic carbocycles. The molecule has 0 aliphatic rings. The van der Waals surface area contributed by atoms with Crippen molar-refractivity contribution in [1.82, 2.24) is 10.3 Å². The number of thioether (sulfide) groups is 1.